The van der Waals surface area contributed by atoms with Gasteiger partial charge in [0.1, 0.15) is 0 Å². The average molecular weight is 385 g/mol. The van der Waals surface area contributed by atoms with Gasteiger partial charge in [0.2, 0.25) is 5.91 Å². The molecule has 0 spiro atoms. The zero-order valence-electron chi connectivity index (χ0n) is 14.2. The maximum atomic E-state index is 12.4. The van der Waals surface area contributed by atoms with E-state index in [-0.39, 0.29) is 34.6 Å². The summed E-state index contributed by atoms with van der Waals surface area (Å²) in [5, 5.41) is 24.7. The molecule has 0 saturated heterocycles. The van der Waals surface area contributed by atoms with Crippen molar-refractivity contribution in [2.24, 2.45) is 13.0 Å². The van der Waals surface area contributed by atoms with Gasteiger partial charge >= 0.3 is 5.97 Å². The number of rotatable bonds is 5. The Kier molecular flexibility index (Phi) is 4.11. The number of fused-ring (bicyclic) bond motifs is 1. The Bertz CT molecular complexity index is 1130. The first-order chi connectivity index (χ1) is 12.9. The maximum Gasteiger partial charge on any atom is 0.358 e. The molecule has 0 aliphatic heterocycles. The van der Waals surface area contributed by atoms with Gasteiger partial charge in [0.05, 0.1) is 16.8 Å². The fraction of sp³-hybridized carbons (Fsp3) is 0.235. The molecule has 10 heteroatoms. The largest absolute Gasteiger partial charge is 0.476 e. The maximum absolute atomic E-state index is 12.4. The van der Waals surface area contributed by atoms with E-state index in [2.05, 4.69) is 20.8 Å². The lowest BCUT2D eigenvalue weighted by Crippen LogP contribution is -2.17. The van der Waals surface area contributed by atoms with Crippen LogP contribution < -0.4 is 16.2 Å². The normalized spacial score (nSPS) is 13.5. The molecule has 0 aromatic carbocycles. The molecule has 1 amide bonds. The number of amides is 1. The van der Waals surface area contributed by atoms with Crippen LogP contribution in [-0.2, 0) is 11.8 Å². The number of anilines is 3. The van der Waals surface area contributed by atoms with Gasteiger partial charge in [-0.15, -0.1) is 21.5 Å². The van der Waals surface area contributed by atoms with Crippen molar-refractivity contribution in [1.29, 1.82) is 0 Å². The van der Waals surface area contributed by atoms with Crippen molar-refractivity contribution in [1.82, 2.24) is 14.8 Å². The van der Waals surface area contributed by atoms with Crippen molar-refractivity contribution < 1.29 is 14.7 Å². The summed E-state index contributed by atoms with van der Waals surface area (Å²) in [6.07, 6.45) is 3.34. The molecule has 27 heavy (non-hydrogen) atoms. The minimum absolute atomic E-state index is 0.0220. The van der Waals surface area contributed by atoms with E-state index < -0.39 is 5.97 Å². The number of pyridine rings is 1. The third-order valence-corrected chi connectivity index (χ3v) is 5.22. The third-order valence-electron chi connectivity index (χ3n) is 4.27. The quantitative estimate of drug-likeness (QED) is 0.614. The number of aromatic carboxylic acids is 1. The van der Waals surface area contributed by atoms with Gasteiger partial charge in [-0.25, -0.2) is 4.79 Å². The molecule has 4 rings (SSSR count). The van der Waals surface area contributed by atoms with Crippen LogP contribution in [0.2, 0.25) is 0 Å². The molecule has 3 aromatic rings. The molecule has 0 atom stereocenters. The van der Waals surface area contributed by atoms with Crippen LogP contribution in [0.3, 0.4) is 0 Å². The summed E-state index contributed by atoms with van der Waals surface area (Å²) in [7, 11) is 1.64. The zero-order valence-corrected chi connectivity index (χ0v) is 15.0. The van der Waals surface area contributed by atoms with Crippen molar-refractivity contribution in [3.63, 3.8) is 0 Å². The molecule has 3 heterocycles. The summed E-state index contributed by atoms with van der Waals surface area (Å²) in [5.74, 6) is -1.29. The highest BCUT2D eigenvalue weighted by atomic mass is 32.1. The van der Waals surface area contributed by atoms with Crippen LogP contribution in [0.5, 0.6) is 0 Å². The highest BCUT2D eigenvalue weighted by Crippen LogP contribution is 2.32. The lowest BCUT2D eigenvalue weighted by atomic mass is 10.2. The predicted octanol–water partition coefficient (Wildman–Crippen LogP) is 2.18. The molecule has 1 saturated carbocycles. The van der Waals surface area contributed by atoms with E-state index in [4.69, 9.17) is 0 Å². The highest BCUT2D eigenvalue weighted by molar-refractivity contribution is 7.17. The van der Waals surface area contributed by atoms with Crippen molar-refractivity contribution in [3.8, 4) is 0 Å². The molecular weight excluding hydrogens is 370 g/mol. The lowest BCUT2D eigenvalue weighted by Gasteiger charge is -2.10. The van der Waals surface area contributed by atoms with Crippen molar-refractivity contribution in [2.75, 3.05) is 10.6 Å². The molecule has 9 nitrogen and oxygen atoms in total. The molecular formula is C17H15N5O4S. The van der Waals surface area contributed by atoms with Gasteiger partial charge < -0.3 is 20.3 Å². The van der Waals surface area contributed by atoms with Gasteiger partial charge in [-0.2, -0.15) is 0 Å². The zero-order chi connectivity index (χ0) is 19.1. The van der Waals surface area contributed by atoms with E-state index in [9.17, 15) is 19.5 Å². The van der Waals surface area contributed by atoms with E-state index in [1.807, 2.05) is 6.07 Å². The van der Waals surface area contributed by atoms with E-state index in [1.165, 1.54) is 22.0 Å². The van der Waals surface area contributed by atoms with E-state index in [0.29, 0.717) is 11.1 Å². The summed E-state index contributed by atoms with van der Waals surface area (Å²) in [6, 6.07) is 3.23. The number of hydrogen-bond donors (Lipinski definition) is 3. The molecule has 1 aliphatic carbocycles. The van der Waals surface area contributed by atoms with Crippen LogP contribution in [0.4, 0.5) is 17.2 Å². The first-order valence-corrected chi connectivity index (χ1v) is 9.07. The second-order valence-corrected chi connectivity index (χ2v) is 7.22. The summed E-state index contributed by atoms with van der Waals surface area (Å²) in [4.78, 5) is 35.9. The highest BCUT2D eigenvalue weighted by Gasteiger charge is 2.30. The number of carbonyl (C=O) groups is 2. The number of thiophene rings is 1. The number of aryl methyl sites for hydroxylation is 1. The van der Waals surface area contributed by atoms with Gasteiger partial charge in [-0.3, -0.25) is 9.59 Å². The predicted molar refractivity (Wildman–Crippen MR) is 101 cm³/mol. The van der Waals surface area contributed by atoms with Crippen LogP contribution in [0.15, 0.2) is 28.5 Å². The second-order valence-electron chi connectivity index (χ2n) is 6.31. The third kappa shape index (κ3) is 3.26. The molecule has 0 unspecified atom stereocenters. The number of nitrogens with zero attached hydrogens (tertiary/aromatic N) is 3. The smallest absolute Gasteiger partial charge is 0.358 e. The number of carboxylic acids is 1. The topological polar surface area (TPSA) is 126 Å². The molecule has 3 N–H and O–H groups in total. The van der Waals surface area contributed by atoms with Gasteiger partial charge in [-0.05, 0) is 18.9 Å². The molecule has 0 bridgehead atoms. The number of hydrogen-bond acceptors (Lipinski definition) is 7. The van der Waals surface area contributed by atoms with Crippen LogP contribution in [-0.4, -0.2) is 31.7 Å². The Hall–Kier alpha value is -3.27. The van der Waals surface area contributed by atoms with E-state index >= 15 is 0 Å². The Balaban J connectivity index is 1.73. The monoisotopic (exact) mass is 385 g/mol. The van der Waals surface area contributed by atoms with Crippen LogP contribution in [0.25, 0.3) is 10.1 Å². The van der Waals surface area contributed by atoms with Gasteiger partial charge in [-0.1, -0.05) is 0 Å². The Morgan fingerprint density at radius 1 is 1.30 bits per heavy atom. The Morgan fingerprint density at radius 3 is 2.78 bits per heavy atom. The second kappa shape index (κ2) is 6.47. The van der Waals surface area contributed by atoms with Gasteiger partial charge in [0, 0.05) is 35.3 Å². The van der Waals surface area contributed by atoms with Crippen LogP contribution >= 0.6 is 11.3 Å². The summed E-state index contributed by atoms with van der Waals surface area (Å²) < 4.78 is 2.23. The van der Waals surface area contributed by atoms with E-state index in [1.54, 1.807) is 18.6 Å². The Morgan fingerprint density at radius 2 is 2.07 bits per heavy atom. The number of nitrogens with one attached hydrogen (secondary N) is 2. The lowest BCUT2D eigenvalue weighted by molar-refractivity contribution is -0.117. The minimum atomic E-state index is -1.27. The number of carboxylic acid groups (broad SMARTS) is 1. The van der Waals surface area contributed by atoms with Crippen molar-refractivity contribution in [3.05, 3.63) is 39.8 Å². The first kappa shape index (κ1) is 17.2. The summed E-state index contributed by atoms with van der Waals surface area (Å²) >= 11 is 1.37. The van der Waals surface area contributed by atoms with Crippen LogP contribution in [0.1, 0.15) is 23.3 Å². The van der Waals surface area contributed by atoms with Crippen molar-refractivity contribution >= 4 is 50.5 Å². The molecule has 3 aromatic heterocycles. The SMILES string of the molecule is Cn1ccc2scc(Nc3cc(NC(=O)C4CC4)nnc3C(=O)O)c2c1=O. The average Bonchev–Trinajstić information content (AvgIpc) is 3.40. The summed E-state index contributed by atoms with van der Waals surface area (Å²) in [5.41, 5.74) is 0.129. The Labute approximate surface area is 156 Å². The van der Waals surface area contributed by atoms with Gasteiger partial charge in [0.15, 0.2) is 11.5 Å². The van der Waals surface area contributed by atoms with Crippen LogP contribution in [0, 0.1) is 5.92 Å². The molecule has 1 aliphatic rings. The number of aromatic nitrogens is 3. The van der Waals surface area contributed by atoms with E-state index in [0.717, 1.165) is 17.5 Å². The minimum Gasteiger partial charge on any atom is -0.476 e. The molecule has 1 fully saturated rings. The number of carbonyl (C=O) groups excluding carboxylic acids is 1. The fourth-order valence-electron chi connectivity index (χ4n) is 2.66. The summed E-state index contributed by atoms with van der Waals surface area (Å²) in [6.45, 7) is 0. The fourth-order valence-corrected chi connectivity index (χ4v) is 3.53. The van der Waals surface area contributed by atoms with Gasteiger partial charge in [0.25, 0.3) is 5.56 Å². The molecule has 0 radical (unpaired) electrons. The standard InChI is InChI=1S/C17H15N5O4S/c1-22-5-4-11-13(16(22)24)10(7-27-11)18-9-6-12(19-15(23)8-2-3-8)20-21-14(9)17(25)26/h4-8H,2-3H2,1H3,(H,25,26)(H2,18,19,20,23). The molecule has 138 valence electrons. The first-order valence-electron chi connectivity index (χ1n) is 8.20. The van der Waals surface area contributed by atoms with Crippen molar-refractivity contribution in [2.45, 2.75) is 12.8 Å².